The molecular formula is C13H17N5OS. The van der Waals surface area contributed by atoms with Crippen molar-refractivity contribution in [2.45, 2.75) is 26.3 Å². The SMILES string of the molecule is Cc1nnc2sc(C(=O)NC3CCNC3)c(N)c2c1C. The van der Waals surface area contributed by atoms with Gasteiger partial charge in [0.15, 0.2) is 0 Å². The van der Waals surface area contributed by atoms with E-state index < -0.39 is 0 Å². The van der Waals surface area contributed by atoms with E-state index in [1.807, 2.05) is 13.8 Å². The minimum absolute atomic E-state index is 0.115. The summed E-state index contributed by atoms with van der Waals surface area (Å²) in [6, 6.07) is 0.182. The van der Waals surface area contributed by atoms with Crippen LogP contribution in [0.4, 0.5) is 5.69 Å². The van der Waals surface area contributed by atoms with E-state index in [0.29, 0.717) is 10.6 Å². The van der Waals surface area contributed by atoms with Gasteiger partial charge >= 0.3 is 0 Å². The number of nitrogens with zero attached hydrogens (tertiary/aromatic N) is 2. The number of rotatable bonds is 2. The van der Waals surface area contributed by atoms with Crippen LogP contribution in [0.25, 0.3) is 10.2 Å². The van der Waals surface area contributed by atoms with E-state index in [4.69, 9.17) is 5.73 Å². The van der Waals surface area contributed by atoms with Gasteiger partial charge < -0.3 is 16.4 Å². The Labute approximate surface area is 120 Å². The highest BCUT2D eigenvalue weighted by Gasteiger charge is 2.23. The largest absolute Gasteiger partial charge is 0.397 e. The second kappa shape index (κ2) is 4.99. The number of thiophene rings is 1. The number of nitrogens with two attached hydrogens (primary N) is 1. The van der Waals surface area contributed by atoms with Gasteiger partial charge in [-0.2, -0.15) is 5.10 Å². The number of hydrogen-bond donors (Lipinski definition) is 3. The smallest absolute Gasteiger partial charge is 0.263 e. The molecule has 6 nitrogen and oxygen atoms in total. The number of amides is 1. The summed E-state index contributed by atoms with van der Waals surface area (Å²) in [5.74, 6) is -0.115. The monoisotopic (exact) mass is 291 g/mol. The fraction of sp³-hybridized carbons (Fsp3) is 0.462. The maximum absolute atomic E-state index is 12.3. The Hall–Kier alpha value is -1.73. The van der Waals surface area contributed by atoms with E-state index in [-0.39, 0.29) is 11.9 Å². The van der Waals surface area contributed by atoms with E-state index in [1.54, 1.807) is 0 Å². The van der Waals surface area contributed by atoms with Gasteiger partial charge in [0.25, 0.3) is 5.91 Å². The van der Waals surface area contributed by atoms with Crippen molar-refractivity contribution in [3.05, 3.63) is 16.1 Å². The third-order valence-corrected chi connectivity index (χ3v) is 4.83. The molecule has 7 heteroatoms. The predicted octanol–water partition coefficient (Wildman–Crippen LogP) is 0.982. The molecule has 1 unspecified atom stereocenters. The van der Waals surface area contributed by atoms with Crippen molar-refractivity contribution in [1.82, 2.24) is 20.8 Å². The molecule has 4 N–H and O–H groups in total. The van der Waals surface area contributed by atoms with Gasteiger partial charge in [-0.15, -0.1) is 16.4 Å². The second-order valence-electron chi connectivity index (χ2n) is 5.10. The third-order valence-electron chi connectivity index (χ3n) is 3.74. The first-order chi connectivity index (χ1) is 9.58. The van der Waals surface area contributed by atoms with Crippen molar-refractivity contribution in [3.63, 3.8) is 0 Å². The van der Waals surface area contributed by atoms with Gasteiger partial charge in [-0.05, 0) is 32.4 Å². The number of carbonyl (C=O) groups excluding carboxylic acids is 1. The summed E-state index contributed by atoms with van der Waals surface area (Å²) in [6.45, 7) is 5.60. The molecule has 2 aromatic heterocycles. The Bertz CT molecular complexity index is 675. The van der Waals surface area contributed by atoms with Crippen LogP contribution in [-0.4, -0.2) is 35.2 Å². The quantitative estimate of drug-likeness (QED) is 0.767. The molecular weight excluding hydrogens is 274 g/mol. The van der Waals surface area contributed by atoms with Gasteiger partial charge in [-0.1, -0.05) is 0 Å². The lowest BCUT2D eigenvalue weighted by molar-refractivity contribution is 0.0945. The highest BCUT2D eigenvalue weighted by atomic mass is 32.1. The maximum atomic E-state index is 12.3. The van der Waals surface area contributed by atoms with Crippen LogP contribution >= 0.6 is 11.3 Å². The fourth-order valence-corrected chi connectivity index (χ4v) is 3.44. The lowest BCUT2D eigenvalue weighted by Crippen LogP contribution is -2.36. The number of hydrogen-bond acceptors (Lipinski definition) is 6. The van der Waals surface area contributed by atoms with Crippen LogP contribution in [0.5, 0.6) is 0 Å². The number of nitrogens with one attached hydrogen (secondary N) is 2. The Morgan fingerprint density at radius 2 is 2.25 bits per heavy atom. The zero-order valence-electron chi connectivity index (χ0n) is 11.5. The standard InChI is InChI=1S/C13H17N5OS/c1-6-7(2)17-18-13-9(6)10(14)11(20-13)12(19)16-8-3-4-15-5-8/h8,15H,3-5,14H2,1-2H3,(H,16,19). The molecule has 0 aromatic carbocycles. The molecule has 1 atom stereocenters. The predicted molar refractivity (Wildman–Crippen MR) is 80.0 cm³/mol. The Kier molecular flexibility index (Phi) is 3.31. The molecule has 1 amide bonds. The number of fused-ring (bicyclic) bond motifs is 1. The van der Waals surface area contributed by atoms with Crippen LogP contribution in [-0.2, 0) is 0 Å². The summed E-state index contributed by atoms with van der Waals surface area (Å²) in [6.07, 6.45) is 0.953. The van der Waals surface area contributed by atoms with Gasteiger partial charge in [0.05, 0.1) is 11.4 Å². The third kappa shape index (κ3) is 2.12. The molecule has 1 aliphatic rings. The molecule has 1 fully saturated rings. The summed E-state index contributed by atoms with van der Waals surface area (Å²) >= 11 is 1.31. The topological polar surface area (TPSA) is 92.9 Å². The van der Waals surface area contributed by atoms with E-state index in [0.717, 1.165) is 41.0 Å². The van der Waals surface area contributed by atoms with Crippen LogP contribution in [0, 0.1) is 13.8 Å². The van der Waals surface area contributed by atoms with Crippen molar-refractivity contribution in [2.75, 3.05) is 18.8 Å². The molecule has 1 aliphatic heterocycles. The van der Waals surface area contributed by atoms with Crippen LogP contribution < -0.4 is 16.4 Å². The van der Waals surface area contributed by atoms with Crippen LogP contribution in [0.3, 0.4) is 0 Å². The highest BCUT2D eigenvalue weighted by Crippen LogP contribution is 2.34. The van der Waals surface area contributed by atoms with Gasteiger partial charge in [-0.25, -0.2) is 0 Å². The van der Waals surface area contributed by atoms with Crippen molar-refractivity contribution in [1.29, 1.82) is 0 Å². The molecule has 0 radical (unpaired) electrons. The molecule has 2 aromatic rings. The Balaban J connectivity index is 1.97. The molecule has 1 saturated heterocycles. The van der Waals surface area contributed by atoms with Crippen LogP contribution in [0.2, 0.25) is 0 Å². The van der Waals surface area contributed by atoms with Crippen molar-refractivity contribution in [3.8, 4) is 0 Å². The van der Waals surface area contributed by atoms with Crippen molar-refractivity contribution >= 4 is 33.1 Å². The maximum Gasteiger partial charge on any atom is 0.263 e. The summed E-state index contributed by atoms with van der Waals surface area (Å²) in [7, 11) is 0. The average molecular weight is 291 g/mol. The van der Waals surface area contributed by atoms with Gasteiger partial charge in [0.2, 0.25) is 0 Å². The van der Waals surface area contributed by atoms with Crippen molar-refractivity contribution in [2.24, 2.45) is 0 Å². The second-order valence-corrected chi connectivity index (χ2v) is 6.10. The normalized spacial score (nSPS) is 18.6. The lowest BCUT2D eigenvalue weighted by Gasteiger charge is -2.10. The fourth-order valence-electron chi connectivity index (χ4n) is 2.44. The summed E-state index contributed by atoms with van der Waals surface area (Å²) < 4.78 is 0. The molecule has 0 aliphatic carbocycles. The minimum atomic E-state index is -0.115. The molecule has 0 spiro atoms. The first kappa shape index (κ1) is 13.3. The number of anilines is 1. The Morgan fingerprint density at radius 1 is 1.45 bits per heavy atom. The zero-order chi connectivity index (χ0) is 14.3. The lowest BCUT2D eigenvalue weighted by atomic mass is 10.1. The zero-order valence-corrected chi connectivity index (χ0v) is 12.3. The molecule has 3 rings (SSSR count). The van der Waals surface area contributed by atoms with E-state index in [2.05, 4.69) is 20.8 Å². The first-order valence-electron chi connectivity index (χ1n) is 6.61. The molecule has 106 valence electrons. The number of carbonyl (C=O) groups is 1. The van der Waals surface area contributed by atoms with E-state index in [1.165, 1.54) is 11.3 Å². The number of aryl methyl sites for hydroxylation is 2. The molecule has 20 heavy (non-hydrogen) atoms. The van der Waals surface area contributed by atoms with E-state index in [9.17, 15) is 4.79 Å². The molecule has 0 saturated carbocycles. The van der Waals surface area contributed by atoms with Gasteiger partial charge in [0, 0.05) is 18.0 Å². The van der Waals surface area contributed by atoms with Crippen LogP contribution in [0.1, 0.15) is 27.3 Å². The Morgan fingerprint density at radius 3 is 2.95 bits per heavy atom. The average Bonchev–Trinajstić information content (AvgIpc) is 3.02. The molecule has 3 heterocycles. The molecule has 0 bridgehead atoms. The van der Waals surface area contributed by atoms with Gasteiger partial charge in [-0.3, -0.25) is 4.79 Å². The number of nitrogen functional groups attached to an aromatic ring is 1. The van der Waals surface area contributed by atoms with E-state index >= 15 is 0 Å². The summed E-state index contributed by atoms with van der Waals surface area (Å²) in [5.41, 5.74) is 8.50. The minimum Gasteiger partial charge on any atom is -0.397 e. The summed E-state index contributed by atoms with van der Waals surface area (Å²) in [4.78, 5) is 13.6. The number of aromatic nitrogens is 2. The summed E-state index contributed by atoms with van der Waals surface area (Å²) in [5, 5.41) is 15.3. The first-order valence-corrected chi connectivity index (χ1v) is 7.43. The van der Waals surface area contributed by atoms with Gasteiger partial charge in [0.1, 0.15) is 9.71 Å². The highest BCUT2D eigenvalue weighted by molar-refractivity contribution is 7.21. The van der Waals surface area contributed by atoms with Crippen molar-refractivity contribution < 1.29 is 4.79 Å². The van der Waals surface area contributed by atoms with Crippen LogP contribution in [0.15, 0.2) is 0 Å².